The third kappa shape index (κ3) is 2.97. The van der Waals surface area contributed by atoms with Gasteiger partial charge in [-0.3, -0.25) is 0 Å². The van der Waals surface area contributed by atoms with Gasteiger partial charge in [0.2, 0.25) is 11.7 Å². The number of H-pyrrole nitrogens is 1. The van der Waals surface area contributed by atoms with Crippen LogP contribution in [0.1, 0.15) is 49.9 Å². The van der Waals surface area contributed by atoms with E-state index in [4.69, 9.17) is 4.52 Å². The van der Waals surface area contributed by atoms with Gasteiger partial charge in [0.25, 0.3) is 0 Å². The molecule has 112 valence electrons. The fraction of sp³-hybridized carbons (Fsp3) is 0.375. The summed E-state index contributed by atoms with van der Waals surface area (Å²) >= 11 is 0. The van der Waals surface area contributed by atoms with E-state index in [1.165, 1.54) is 0 Å². The number of hydrogen-bond donors (Lipinski definition) is 2. The third-order valence-corrected chi connectivity index (χ3v) is 3.40. The van der Waals surface area contributed by atoms with Gasteiger partial charge in [-0.1, -0.05) is 38.2 Å². The van der Waals surface area contributed by atoms with Crippen molar-refractivity contribution in [2.75, 3.05) is 6.54 Å². The summed E-state index contributed by atoms with van der Waals surface area (Å²) in [5.74, 6) is 1.24. The number of nitrogens with zero attached hydrogens (tertiary/aromatic N) is 2. The topological polar surface area (TPSA) is 66.7 Å². The van der Waals surface area contributed by atoms with Crippen LogP contribution in [-0.2, 0) is 0 Å². The van der Waals surface area contributed by atoms with Gasteiger partial charge in [-0.2, -0.15) is 4.98 Å². The van der Waals surface area contributed by atoms with Crippen molar-refractivity contribution in [1.29, 1.82) is 0 Å². The van der Waals surface area contributed by atoms with Gasteiger partial charge in [0.15, 0.2) is 0 Å². The van der Waals surface area contributed by atoms with E-state index in [-0.39, 0.29) is 6.04 Å². The fourth-order valence-corrected chi connectivity index (χ4v) is 2.41. The molecule has 0 bridgehead atoms. The van der Waals surface area contributed by atoms with Crippen molar-refractivity contribution in [3.63, 3.8) is 0 Å². The van der Waals surface area contributed by atoms with Crippen LogP contribution >= 0.6 is 0 Å². The van der Waals surface area contributed by atoms with E-state index in [1.54, 1.807) is 12.2 Å². The molecule has 0 aliphatic carbocycles. The van der Waals surface area contributed by atoms with Gasteiger partial charge in [0, 0.05) is 23.0 Å². The van der Waals surface area contributed by atoms with E-state index in [0.717, 1.165) is 36.2 Å². The average Bonchev–Trinajstić information content (AvgIpc) is 3.26. The van der Waals surface area contributed by atoms with Crippen LogP contribution in [0.5, 0.6) is 0 Å². The van der Waals surface area contributed by atoms with E-state index < -0.39 is 0 Å². The molecule has 1 saturated heterocycles. The predicted octanol–water partition coefficient (Wildman–Crippen LogP) is 3.80. The van der Waals surface area contributed by atoms with Crippen molar-refractivity contribution in [3.05, 3.63) is 36.5 Å². The zero-order chi connectivity index (χ0) is 15.2. The lowest BCUT2D eigenvalue weighted by molar-refractivity contribution is 0.345. The Morgan fingerprint density at radius 1 is 1.33 bits per heavy atom. The highest BCUT2D eigenvalue weighted by molar-refractivity contribution is 5.76. The zero-order valence-corrected chi connectivity index (χ0v) is 12.6. The van der Waals surface area contributed by atoms with Crippen LogP contribution in [0.2, 0.25) is 0 Å². The first-order valence-corrected chi connectivity index (χ1v) is 7.37. The Hall–Kier alpha value is -2.14. The normalized spacial score (nSPS) is 17.1. The first-order valence-electron chi connectivity index (χ1n) is 7.37. The molecule has 1 aliphatic heterocycles. The standard InChI is InChI=1S/C14H16N4O.C2H6/c1-3-9-10(8-16-11(9)4-2)13-17-14(19-18-13)12-6-5-7-15-12;1-2/h3-4,8,12,15-16H,1-2,5-7H2;1-2H3. The molecule has 1 unspecified atom stereocenters. The monoisotopic (exact) mass is 286 g/mol. The van der Waals surface area contributed by atoms with Crippen LogP contribution in [0.25, 0.3) is 23.5 Å². The number of rotatable bonds is 4. The summed E-state index contributed by atoms with van der Waals surface area (Å²) in [7, 11) is 0. The van der Waals surface area contributed by atoms with E-state index >= 15 is 0 Å². The maximum absolute atomic E-state index is 5.35. The van der Waals surface area contributed by atoms with Crippen molar-refractivity contribution in [3.8, 4) is 11.4 Å². The largest absolute Gasteiger partial charge is 0.360 e. The molecule has 3 heterocycles. The Labute approximate surface area is 125 Å². The minimum absolute atomic E-state index is 0.186. The molecule has 1 atom stereocenters. The summed E-state index contributed by atoms with van der Waals surface area (Å²) < 4.78 is 5.35. The molecule has 5 heteroatoms. The minimum Gasteiger partial charge on any atom is -0.360 e. The molecule has 0 aromatic carbocycles. The molecule has 0 spiro atoms. The Morgan fingerprint density at radius 3 is 2.76 bits per heavy atom. The van der Waals surface area contributed by atoms with Gasteiger partial charge in [0.1, 0.15) is 0 Å². The van der Waals surface area contributed by atoms with Crippen molar-refractivity contribution in [2.24, 2.45) is 0 Å². The molecule has 2 aromatic rings. The maximum Gasteiger partial charge on any atom is 0.244 e. The average molecular weight is 286 g/mol. The second-order valence-electron chi connectivity index (χ2n) is 4.54. The Morgan fingerprint density at radius 2 is 2.14 bits per heavy atom. The van der Waals surface area contributed by atoms with Crippen molar-refractivity contribution >= 4 is 12.2 Å². The van der Waals surface area contributed by atoms with Crippen molar-refractivity contribution < 1.29 is 4.52 Å². The van der Waals surface area contributed by atoms with Crippen LogP contribution in [0.15, 0.2) is 23.9 Å². The molecule has 2 aromatic heterocycles. The molecule has 3 rings (SSSR count). The Balaban J connectivity index is 0.000000774. The first-order chi connectivity index (χ1) is 10.3. The first kappa shape index (κ1) is 15.3. The maximum atomic E-state index is 5.35. The van der Waals surface area contributed by atoms with E-state index in [2.05, 4.69) is 33.6 Å². The second-order valence-corrected chi connectivity index (χ2v) is 4.54. The van der Waals surface area contributed by atoms with E-state index in [9.17, 15) is 0 Å². The van der Waals surface area contributed by atoms with E-state index in [0.29, 0.717) is 11.7 Å². The Bertz CT molecular complexity index is 606. The lowest BCUT2D eigenvalue weighted by Crippen LogP contribution is -2.12. The minimum atomic E-state index is 0.186. The van der Waals surface area contributed by atoms with Crippen LogP contribution in [0, 0.1) is 0 Å². The molecule has 1 fully saturated rings. The molecular formula is C16H22N4O. The summed E-state index contributed by atoms with van der Waals surface area (Å²) in [6, 6.07) is 0.186. The zero-order valence-electron chi connectivity index (χ0n) is 12.6. The molecule has 1 aliphatic rings. The van der Waals surface area contributed by atoms with Gasteiger partial charge >= 0.3 is 0 Å². The third-order valence-electron chi connectivity index (χ3n) is 3.40. The SMILES string of the molecule is C=Cc1[nH]cc(-c2noc(C3CCCN3)n2)c1C=C.CC. The summed E-state index contributed by atoms with van der Waals surface area (Å²) in [4.78, 5) is 7.60. The predicted molar refractivity (Wildman–Crippen MR) is 85.6 cm³/mol. The lowest BCUT2D eigenvalue weighted by Gasteiger charge is -2.01. The molecule has 0 amide bonds. The van der Waals surface area contributed by atoms with Gasteiger partial charge in [-0.15, -0.1) is 0 Å². The second kappa shape index (κ2) is 7.04. The number of aromatic nitrogens is 3. The summed E-state index contributed by atoms with van der Waals surface area (Å²) in [5.41, 5.74) is 2.75. The smallest absolute Gasteiger partial charge is 0.244 e. The molecule has 21 heavy (non-hydrogen) atoms. The Kier molecular flexibility index (Phi) is 5.11. The highest BCUT2D eigenvalue weighted by Gasteiger charge is 2.23. The van der Waals surface area contributed by atoms with E-state index in [1.807, 2.05) is 20.0 Å². The van der Waals surface area contributed by atoms with Gasteiger partial charge in [-0.25, -0.2) is 0 Å². The summed E-state index contributed by atoms with van der Waals surface area (Å²) in [5, 5.41) is 7.40. The van der Waals surface area contributed by atoms with Crippen LogP contribution < -0.4 is 5.32 Å². The molecule has 0 saturated carbocycles. The van der Waals surface area contributed by atoms with Crippen molar-refractivity contribution in [2.45, 2.75) is 32.7 Å². The number of aromatic amines is 1. The molecule has 0 radical (unpaired) electrons. The summed E-state index contributed by atoms with van der Waals surface area (Å²) in [6.45, 7) is 12.6. The van der Waals surface area contributed by atoms with Crippen LogP contribution in [0.3, 0.4) is 0 Å². The number of hydrogen-bond acceptors (Lipinski definition) is 4. The lowest BCUT2D eigenvalue weighted by atomic mass is 10.1. The fourth-order valence-electron chi connectivity index (χ4n) is 2.41. The van der Waals surface area contributed by atoms with Gasteiger partial charge in [-0.05, 0) is 25.5 Å². The van der Waals surface area contributed by atoms with Crippen LogP contribution in [0.4, 0.5) is 0 Å². The molecule has 2 N–H and O–H groups in total. The quantitative estimate of drug-likeness (QED) is 0.897. The van der Waals surface area contributed by atoms with Gasteiger partial charge in [0.05, 0.1) is 6.04 Å². The van der Waals surface area contributed by atoms with Crippen LogP contribution in [-0.4, -0.2) is 21.7 Å². The highest BCUT2D eigenvalue weighted by Crippen LogP contribution is 2.28. The highest BCUT2D eigenvalue weighted by atomic mass is 16.5. The van der Waals surface area contributed by atoms with Gasteiger partial charge < -0.3 is 14.8 Å². The van der Waals surface area contributed by atoms with Crippen molar-refractivity contribution in [1.82, 2.24) is 20.4 Å². The molecule has 5 nitrogen and oxygen atoms in total. The molecular weight excluding hydrogens is 264 g/mol. The summed E-state index contributed by atoms with van der Waals surface area (Å²) in [6.07, 6.45) is 7.56. The number of nitrogens with one attached hydrogen (secondary N) is 2.